The van der Waals surface area contributed by atoms with E-state index in [9.17, 15) is 19.5 Å². The lowest BCUT2D eigenvalue weighted by Crippen LogP contribution is -2.48. The number of anilines is 1. The Kier molecular flexibility index (Phi) is 6.36. The predicted octanol–water partition coefficient (Wildman–Crippen LogP) is 3.39. The molecule has 28 heavy (non-hydrogen) atoms. The Labute approximate surface area is 167 Å². The molecule has 0 spiro atoms. The molecule has 1 unspecified atom stereocenters. The maximum Gasteiger partial charge on any atom is 0.326 e. The molecule has 0 aliphatic carbocycles. The SMILES string of the molecule is COc1ccc2c(c1)CCC(C(=O)O)N2C(=O)CCSC(=O)c1ccccc1. The maximum atomic E-state index is 12.9. The molecule has 2 aromatic carbocycles. The largest absolute Gasteiger partial charge is 0.497 e. The smallest absolute Gasteiger partial charge is 0.326 e. The van der Waals surface area contributed by atoms with Crippen molar-refractivity contribution in [1.82, 2.24) is 0 Å². The molecule has 0 aromatic heterocycles. The van der Waals surface area contributed by atoms with Crippen molar-refractivity contribution in [2.24, 2.45) is 0 Å². The van der Waals surface area contributed by atoms with Gasteiger partial charge in [0.05, 0.1) is 7.11 Å². The van der Waals surface area contributed by atoms with Gasteiger partial charge in [-0.15, -0.1) is 0 Å². The van der Waals surface area contributed by atoms with Crippen molar-refractivity contribution in [3.05, 3.63) is 59.7 Å². The van der Waals surface area contributed by atoms with Gasteiger partial charge in [0, 0.05) is 23.4 Å². The summed E-state index contributed by atoms with van der Waals surface area (Å²) in [6.07, 6.45) is 0.990. The Morgan fingerprint density at radius 3 is 2.61 bits per heavy atom. The Morgan fingerprint density at radius 2 is 1.93 bits per heavy atom. The highest BCUT2D eigenvalue weighted by atomic mass is 32.2. The molecule has 1 atom stereocenters. The van der Waals surface area contributed by atoms with Gasteiger partial charge in [0.15, 0.2) is 0 Å². The molecule has 146 valence electrons. The van der Waals surface area contributed by atoms with Gasteiger partial charge in [-0.05, 0) is 36.6 Å². The molecule has 6 nitrogen and oxygen atoms in total. The predicted molar refractivity (Wildman–Crippen MR) is 108 cm³/mol. The zero-order valence-corrected chi connectivity index (χ0v) is 16.3. The standard InChI is InChI=1S/C21H21NO5S/c1-27-16-8-10-17-15(13-16)7-9-18(20(24)25)22(17)19(23)11-12-28-21(26)14-5-3-2-4-6-14/h2-6,8,10,13,18H,7,9,11-12H2,1H3,(H,24,25). The third-order valence-corrected chi connectivity index (χ3v) is 5.56. The Hall–Kier alpha value is -2.80. The number of carbonyl (C=O) groups is 3. The van der Waals surface area contributed by atoms with E-state index in [0.717, 1.165) is 17.3 Å². The molecule has 0 fully saturated rings. The van der Waals surface area contributed by atoms with Crippen LogP contribution in [0.25, 0.3) is 0 Å². The lowest BCUT2D eigenvalue weighted by Gasteiger charge is -2.35. The van der Waals surface area contributed by atoms with Crippen LogP contribution in [0.3, 0.4) is 0 Å². The van der Waals surface area contributed by atoms with Crippen molar-refractivity contribution < 1.29 is 24.2 Å². The number of amides is 1. The number of rotatable bonds is 6. The van der Waals surface area contributed by atoms with E-state index in [1.165, 1.54) is 4.90 Å². The second-order valence-corrected chi connectivity index (χ2v) is 7.47. The summed E-state index contributed by atoms with van der Waals surface area (Å²) in [6.45, 7) is 0. The number of nitrogens with zero attached hydrogens (tertiary/aromatic N) is 1. The molecule has 1 aliphatic rings. The van der Waals surface area contributed by atoms with Crippen LogP contribution in [0.15, 0.2) is 48.5 Å². The van der Waals surface area contributed by atoms with Gasteiger partial charge in [0.2, 0.25) is 11.0 Å². The molecule has 2 aromatic rings. The summed E-state index contributed by atoms with van der Waals surface area (Å²) in [6, 6.07) is 13.2. The van der Waals surface area contributed by atoms with Gasteiger partial charge in [0.25, 0.3) is 0 Å². The van der Waals surface area contributed by atoms with Crippen LogP contribution in [0.1, 0.15) is 28.8 Å². The zero-order valence-electron chi connectivity index (χ0n) is 15.5. The van der Waals surface area contributed by atoms with E-state index in [1.807, 2.05) is 12.1 Å². The number of carbonyl (C=O) groups excluding carboxylic acids is 2. The first-order chi connectivity index (χ1) is 13.5. The van der Waals surface area contributed by atoms with Crippen LogP contribution in [0, 0.1) is 0 Å². The number of methoxy groups -OCH3 is 1. The molecular formula is C21H21NO5S. The molecule has 0 saturated heterocycles. The van der Waals surface area contributed by atoms with Gasteiger partial charge in [-0.2, -0.15) is 0 Å². The second kappa shape index (κ2) is 8.93. The molecule has 1 N–H and O–H groups in total. The van der Waals surface area contributed by atoms with Crippen molar-refractivity contribution in [3.8, 4) is 5.75 Å². The molecule has 1 heterocycles. The lowest BCUT2D eigenvalue weighted by molar-refractivity contribution is -0.140. The van der Waals surface area contributed by atoms with Crippen LogP contribution in [0.2, 0.25) is 0 Å². The van der Waals surface area contributed by atoms with Crippen LogP contribution in [0.5, 0.6) is 5.75 Å². The molecule has 7 heteroatoms. The van der Waals surface area contributed by atoms with Gasteiger partial charge in [-0.25, -0.2) is 4.79 Å². The van der Waals surface area contributed by atoms with E-state index in [0.29, 0.717) is 35.6 Å². The number of ether oxygens (including phenoxy) is 1. The summed E-state index contributed by atoms with van der Waals surface area (Å²) in [5.41, 5.74) is 2.07. The first-order valence-electron chi connectivity index (χ1n) is 8.95. The highest BCUT2D eigenvalue weighted by molar-refractivity contribution is 8.14. The van der Waals surface area contributed by atoms with Gasteiger partial charge in [-0.3, -0.25) is 14.5 Å². The number of thioether (sulfide) groups is 1. The highest BCUT2D eigenvalue weighted by Crippen LogP contribution is 2.34. The molecule has 0 saturated carbocycles. The Bertz CT molecular complexity index is 884. The number of fused-ring (bicyclic) bond motifs is 1. The van der Waals surface area contributed by atoms with E-state index in [-0.39, 0.29) is 17.4 Å². The minimum atomic E-state index is -1.03. The normalized spacial score (nSPS) is 15.6. The highest BCUT2D eigenvalue weighted by Gasteiger charge is 2.35. The number of benzene rings is 2. The quantitative estimate of drug-likeness (QED) is 0.802. The Morgan fingerprint density at radius 1 is 1.18 bits per heavy atom. The summed E-state index contributed by atoms with van der Waals surface area (Å²) in [5.74, 6) is -0.361. The average Bonchev–Trinajstić information content (AvgIpc) is 2.72. The van der Waals surface area contributed by atoms with Crippen molar-refractivity contribution in [2.45, 2.75) is 25.3 Å². The molecule has 0 radical (unpaired) electrons. The van der Waals surface area contributed by atoms with E-state index >= 15 is 0 Å². The second-order valence-electron chi connectivity index (χ2n) is 6.40. The van der Waals surface area contributed by atoms with E-state index in [4.69, 9.17) is 4.74 Å². The average molecular weight is 399 g/mol. The Balaban J connectivity index is 1.71. The number of aryl methyl sites for hydroxylation is 1. The monoisotopic (exact) mass is 399 g/mol. The number of carboxylic acids is 1. The van der Waals surface area contributed by atoms with Crippen LogP contribution in [0.4, 0.5) is 5.69 Å². The fraction of sp³-hybridized carbons (Fsp3) is 0.286. The van der Waals surface area contributed by atoms with E-state index < -0.39 is 12.0 Å². The fourth-order valence-electron chi connectivity index (χ4n) is 3.26. The van der Waals surface area contributed by atoms with Gasteiger partial charge >= 0.3 is 5.97 Å². The number of carboxylic acid groups (broad SMARTS) is 1. The van der Waals surface area contributed by atoms with E-state index in [1.54, 1.807) is 43.5 Å². The molecule has 3 rings (SSSR count). The number of hydrogen-bond donors (Lipinski definition) is 1. The van der Waals surface area contributed by atoms with Gasteiger partial charge in [-0.1, -0.05) is 42.1 Å². The first-order valence-corrected chi connectivity index (χ1v) is 9.93. The lowest BCUT2D eigenvalue weighted by atomic mass is 9.95. The van der Waals surface area contributed by atoms with Crippen molar-refractivity contribution in [3.63, 3.8) is 0 Å². The number of hydrogen-bond acceptors (Lipinski definition) is 5. The van der Waals surface area contributed by atoms with Crippen LogP contribution in [-0.4, -0.2) is 41.0 Å². The minimum absolute atomic E-state index is 0.0818. The van der Waals surface area contributed by atoms with Gasteiger partial charge in [0.1, 0.15) is 11.8 Å². The topological polar surface area (TPSA) is 83.9 Å². The fourth-order valence-corrected chi connectivity index (χ4v) is 4.03. The first kappa shape index (κ1) is 19.9. The third-order valence-electron chi connectivity index (χ3n) is 4.66. The van der Waals surface area contributed by atoms with Crippen LogP contribution >= 0.6 is 11.8 Å². The summed E-state index contributed by atoms with van der Waals surface area (Å²) < 4.78 is 5.22. The molecule has 1 aliphatic heterocycles. The summed E-state index contributed by atoms with van der Waals surface area (Å²) in [4.78, 5) is 38.1. The summed E-state index contributed by atoms with van der Waals surface area (Å²) >= 11 is 1.07. The van der Waals surface area contributed by atoms with Gasteiger partial charge < -0.3 is 9.84 Å². The molecular weight excluding hydrogens is 378 g/mol. The summed E-state index contributed by atoms with van der Waals surface area (Å²) in [7, 11) is 1.56. The zero-order chi connectivity index (χ0) is 20.1. The van der Waals surface area contributed by atoms with E-state index in [2.05, 4.69) is 0 Å². The maximum absolute atomic E-state index is 12.9. The molecule has 1 amide bonds. The van der Waals surface area contributed by atoms with Crippen molar-refractivity contribution in [1.29, 1.82) is 0 Å². The minimum Gasteiger partial charge on any atom is -0.497 e. The summed E-state index contributed by atoms with van der Waals surface area (Å²) in [5, 5.41) is 9.46. The third kappa shape index (κ3) is 4.36. The number of aliphatic carboxylic acids is 1. The molecule has 0 bridgehead atoms. The van der Waals surface area contributed by atoms with Crippen LogP contribution in [-0.2, 0) is 16.0 Å². The van der Waals surface area contributed by atoms with Crippen molar-refractivity contribution >= 4 is 34.4 Å². The van der Waals surface area contributed by atoms with Crippen LogP contribution < -0.4 is 9.64 Å². The van der Waals surface area contributed by atoms with Crippen molar-refractivity contribution in [2.75, 3.05) is 17.8 Å².